The number of fused-ring (bicyclic) bond motifs is 1. The van der Waals surface area contributed by atoms with E-state index in [1.807, 2.05) is 18.2 Å². The zero-order chi connectivity index (χ0) is 13.2. The number of pyridine rings is 1. The van der Waals surface area contributed by atoms with Crippen molar-refractivity contribution < 1.29 is 4.74 Å². The highest BCUT2D eigenvalue weighted by molar-refractivity contribution is 9.10. The van der Waals surface area contributed by atoms with Gasteiger partial charge in [-0.15, -0.1) is 0 Å². The second-order valence-electron chi connectivity index (χ2n) is 5.16. The number of nitrogens with zero attached hydrogens (tertiary/aromatic N) is 1. The van der Waals surface area contributed by atoms with Gasteiger partial charge in [0.2, 0.25) is 0 Å². The molecule has 0 radical (unpaired) electrons. The summed E-state index contributed by atoms with van der Waals surface area (Å²) >= 11 is 3.43. The van der Waals surface area contributed by atoms with Gasteiger partial charge in [-0.1, -0.05) is 12.8 Å². The Morgan fingerprint density at radius 1 is 1.32 bits per heavy atom. The molecule has 1 aliphatic rings. The maximum absolute atomic E-state index is 6.00. The number of hydrogen-bond acceptors (Lipinski definition) is 3. The number of hydrogen-bond donors (Lipinski definition) is 1. The maximum atomic E-state index is 6.00. The van der Waals surface area contributed by atoms with E-state index < -0.39 is 0 Å². The highest BCUT2D eigenvalue weighted by atomic mass is 79.9. The predicted molar refractivity (Wildman–Crippen MR) is 81.3 cm³/mol. The van der Waals surface area contributed by atoms with Crippen LogP contribution in [0.3, 0.4) is 0 Å². The first-order valence-electron chi connectivity index (χ1n) is 6.70. The lowest BCUT2D eigenvalue weighted by Gasteiger charge is -2.13. The summed E-state index contributed by atoms with van der Waals surface area (Å²) in [5.74, 6) is 1.53. The lowest BCUT2D eigenvalue weighted by atomic mass is 10.1. The standard InChI is InChI=1S/C15H17BrN2O/c16-11-7-12-13(17)5-6-14(15(12)18-8-11)19-9-10-3-1-2-4-10/h5-8,10H,1-4,9,17H2. The Hall–Kier alpha value is -1.29. The molecule has 4 heteroatoms. The molecule has 2 aromatic rings. The Morgan fingerprint density at radius 3 is 2.89 bits per heavy atom. The molecule has 0 atom stereocenters. The molecule has 1 fully saturated rings. The number of nitrogens with two attached hydrogens (primary N) is 1. The summed E-state index contributed by atoms with van der Waals surface area (Å²) in [6, 6.07) is 5.80. The zero-order valence-corrected chi connectivity index (χ0v) is 12.3. The summed E-state index contributed by atoms with van der Waals surface area (Å²) < 4.78 is 6.89. The van der Waals surface area contributed by atoms with Crippen LogP contribution in [-0.2, 0) is 0 Å². The molecule has 1 heterocycles. The number of aromatic nitrogens is 1. The fraction of sp³-hybridized carbons (Fsp3) is 0.400. The van der Waals surface area contributed by atoms with Crippen LogP contribution in [0.2, 0.25) is 0 Å². The minimum atomic E-state index is 0.697. The summed E-state index contributed by atoms with van der Waals surface area (Å²) in [6.45, 7) is 0.788. The normalized spacial score (nSPS) is 16.1. The van der Waals surface area contributed by atoms with Gasteiger partial charge < -0.3 is 10.5 Å². The van der Waals surface area contributed by atoms with E-state index in [1.54, 1.807) is 6.20 Å². The molecule has 3 nitrogen and oxygen atoms in total. The molecule has 3 rings (SSSR count). The maximum Gasteiger partial charge on any atom is 0.145 e. The van der Waals surface area contributed by atoms with E-state index in [0.29, 0.717) is 5.92 Å². The Labute approximate surface area is 121 Å². The van der Waals surface area contributed by atoms with Crippen molar-refractivity contribution in [2.75, 3.05) is 12.3 Å². The van der Waals surface area contributed by atoms with Gasteiger partial charge >= 0.3 is 0 Å². The van der Waals surface area contributed by atoms with Crippen LogP contribution in [0.15, 0.2) is 28.9 Å². The van der Waals surface area contributed by atoms with Crippen LogP contribution in [0.1, 0.15) is 25.7 Å². The van der Waals surface area contributed by atoms with E-state index in [2.05, 4.69) is 20.9 Å². The van der Waals surface area contributed by atoms with Gasteiger partial charge in [0.1, 0.15) is 11.3 Å². The number of rotatable bonds is 3. The fourth-order valence-corrected chi connectivity index (χ4v) is 3.02. The summed E-state index contributed by atoms with van der Waals surface area (Å²) in [4.78, 5) is 4.43. The van der Waals surface area contributed by atoms with Crippen LogP contribution in [0.4, 0.5) is 5.69 Å². The van der Waals surface area contributed by atoms with E-state index in [1.165, 1.54) is 25.7 Å². The van der Waals surface area contributed by atoms with Crippen molar-refractivity contribution in [3.05, 3.63) is 28.9 Å². The molecule has 1 aromatic carbocycles. The van der Waals surface area contributed by atoms with E-state index in [9.17, 15) is 0 Å². The van der Waals surface area contributed by atoms with Crippen LogP contribution in [0, 0.1) is 5.92 Å². The third-order valence-corrected chi connectivity index (χ3v) is 4.20. The topological polar surface area (TPSA) is 48.1 Å². The Bertz CT molecular complexity index is 594. The highest BCUT2D eigenvalue weighted by Crippen LogP contribution is 2.32. The lowest BCUT2D eigenvalue weighted by Crippen LogP contribution is -2.08. The SMILES string of the molecule is Nc1ccc(OCC2CCCC2)c2ncc(Br)cc12. The first kappa shape index (κ1) is 12.7. The Balaban J connectivity index is 1.88. The molecule has 1 aliphatic carbocycles. The van der Waals surface area contributed by atoms with Crippen LogP contribution in [0.5, 0.6) is 5.75 Å². The molecule has 2 N–H and O–H groups in total. The van der Waals surface area contributed by atoms with Gasteiger partial charge in [0, 0.05) is 21.7 Å². The van der Waals surface area contributed by atoms with Gasteiger partial charge in [0.25, 0.3) is 0 Å². The minimum Gasteiger partial charge on any atom is -0.491 e. The number of anilines is 1. The molecular weight excluding hydrogens is 304 g/mol. The van der Waals surface area contributed by atoms with Crippen LogP contribution in [-0.4, -0.2) is 11.6 Å². The molecule has 0 amide bonds. The lowest BCUT2D eigenvalue weighted by molar-refractivity contribution is 0.254. The number of ether oxygens (including phenoxy) is 1. The van der Waals surface area contributed by atoms with Gasteiger partial charge in [0.05, 0.1) is 6.61 Å². The van der Waals surface area contributed by atoms with Crippen molar-refractivity contribution in [2.45, 2.75) is 25.7 Å². The molecule has 0 unspecified atom stereocenters. The summed E-state index contributed by atoms with van der Waals surface area (Å²) in [5.41, 5.74) is 7.58. The third kappa shape index (κ3) is 2.68. The second kappa shape index (κ2) is 5.37. The fourth-order valence-electron chi connectivity index (χ4n) is 2.69. The van der Waals surface area contributed by atoms with E-state index in [0.717, 1.165) is 33.4 Å². The monoisotopic (exact) mass is 320 g/mol. The molecule has 0 spiro atoms. The van der Waals surface area contributed by atoms with Crippen LogP contribution >= 0.6 is 15.9 Å². The van der Waals surface area contributed by atoms with Crippen LogP contribution in [0.25, 0.3) is 10.9 Å². The first-order valence-corrected chi connectivity index (χ1v) is 7.50. The summed E-state index contributed by atoms with van der Waals surface area (Å²) in [5, 5.41) is 0.943. The smallest absolute Gasteiger partial charge is 0.145 e. The van der Waals surface area contributed by atoms with Gasteiger partial charge in [-0.05, 0) is 52.9 Å². The summed E-state index contributed by atoms with van der Waals surface area (Å²) in [7, 11) is 0. The van der Waals surface area contributed by atoms with Crippen molar-refractivity contribution >= 4 is 32.5 Å². The predicted octanol–water partition coefficient (Wildman–Crippen LogP) is 4.15. The number of nitrogen functional groups attached to an aromatic ring is 1. The van der Waals surface area contributed by atoms with Gasteiger partial charge in [0.15, 0.2) is 0 Å². The molecule has 1 aromatic heterocycles. The van der Waals surface area contributed by atoms with Crippen molar-refractivity contribution in [3.8, 4) is 5.75 Å². The quantitative estimate of drug-likeness (QED) is 0.864. The van der Waals surface area contributed by atoms with E-state index in [4.69, 9.17) is 10.5 Å². The summed E-state index contributed by atoms with van der Waals surface area (Å²) in [6.07, 6.45) is 7.02. The molecule has 100 valence electrons. The Morgan fingerprint density at radius 2 is 2.11 bits per heavy atom. The third-order valence-electron chi connectivity index (χ3n) is 3.76. The largest absolute Gasteiger partial charge is 0.491 e. The average Bonchev–Trinajstić information content (AvgIpc) is 2.92. The van der Waals surface area contributed by atoms with Gasteiger partial charge in [-0.2, -0.15) is 0 Å². The average molecular weight is 321 g/mol. The van der Waals surface area contributed by atoms with Crippen molar-refractivity contribution in [1.82, 2.24) is 4.98 Å². The molecule has 1 saturated carbocycles. The minimum absolute atomic E-state index is 0.697. The molecular formula is C15H17BrN2O. The molecule has 0 bridgehead atoms. The zero-order valence-electron chi connectivity index (χ0n) is 10.7. The van der Waals surface area contributed by atoms with Crippen molar-refractivity contribution in [3.63, 3.8) is 0 Å². The molecule has 0 aliphatic heterocycles. The number of benzene rings is 1. The second-order valence-corrected chi connectivity index (χ2v) is 6.08. The molecule has 19 heavy (non-hydrogen) atoms. The van der Waals surface area contributed by atoms with Gasteiger partial charge in [-0.25, -0.2) is 0 Å². The van der Waals surface area contributed by atoms with Gasteiger partial charge in [-0.3, -0.25) is 4.98 Å². The van der Waals surface area contributed by atoms with E-state index in [-0.39, 0.29) is 0 Å². The first-order chi connectivity index (χ1) is 9.24. The van der Waals surface area contributed by atoms with Crippen molar-refractivity contribution in [2.24, 2.45) is 5.92 Å². The number of halogens is 1. The van der Waals surface area contributed by atoms with Crippen LogP contribution < -0.4 is 10.5 Å². The molecule has 0 saturated heterocycles. The highest BCUT2D eigenvalue weighted by Gasteiger charge is 2.16. The van der Waals surface area contributed by atoms with E-state index >= 15 is 0 Å². The van der Waals surface area contributed by atoms with Crippen molar-refractivity contribution in [1.29, 1.82) is 0 Å². The Kier molecular flexibility index (Phi) is 3.60.